The fourth-order valence-electron chi connectivity index (χ4n) is 2.22. The molecule has 1 aliphatic heterocycles. The number of rotatable bonds is 2. The van der Waals surface area contributed by atoms with Crippen molar-refractivity contribution in [2.24, 2.45) is 0 Å². The van der Waals surface area contributed by atoms with Gasteiger partial charge in [-0.3, -0.25) is 20.2 Å². The van der Waals surface area contributed by atoms with E-state index in [2.05, 4.69) is 22.1 Å². The summed E-state index contributed by atoms with van der Waals surface area (Å²) in [5.41, 5.74) is 3.07. The Kier molecular flexibility index (Phi) is 3.53. The lowest BCUT2D eigenvalue weighted by Gasteiger charge is -2.16. The van der Waals surface area contributed by atoms with Gasteiger partial charge in [-0.2, -0.15) is 0 Å². The smallest absolute Gasteiger partial charge is 0.263 e. The van der Waals surface area contributed by atoms with Crippen LogP contribution in [0.2, 0.25) is 0 Å². The second-order valence-corrected chi connectivity index (χ2v) is 4.77. The van der Waals surface area contributed by atoms with Crippen molar-refractivity contribution in [1.82, 2.24) is 15.2 Å². The molecule has 2 heterocycles. The first-order chi connectivity index (χ1) is 8.93. The Balaban J connectivity index is 2.43. The number of hydrogen-bond donors (Lipinski definition) is 2. The van der Waals surface area contributed by atoms with Crippen molar-refractivity contribution in [3.63, 3.8) is 0 Å². The van der Waals surface area contributed by atoms with E-state index in [0.29, 0.717) is 0 Å². The van der Waals surface area contributed by atoms with Crippen LogP contribution in [0.5, 0.6) is 0 Å². The highest BCUT2D eigenvalue weighted by molar-refractivity contribution is 7.80. The van der Waals surface area contributed by atoms with Gasteiger partial charge in [0.2, 0.25) is 0 Å². The number of nitrogens with zero attached hydrogens (tertiary/aromatic N) is 1. The van der Waals surface area contributed by atoms with E-state index in [-0.39, 0.29) is 10.7 Å². The van der Waals surface area contributed by atoms with Gasteiger partial charge in [0.05, 0.1) is 0 Å². The molecule has 1 fully saturated rings. The van der Waals surface area contributed by atoms with Crippen LogP contribution in [0.3, 0.4) is 0 Å². The largest absolute Gasteiger partial charge is 0.349 e. The maximum atomic E-state index is 11.8. The van der Waals surface area contributed by atoms with Crippen LogP contribution in [0.25, 0.3) is 6.08 Å². The normalized spacial score (nSPS) is 15.3. The predicted octanol–water partition coefficient (Wildman–Crippen LogP) is 1.04. The highest BCUT2D eigenvalue weighted by Crippen LogP contribution is 2.18. The van der Waals surface area contributed by atoms with E-state index < -0.39 is 11.8 Å². The molecular weight excluding hydrogens is 262 g/mol. The molecule has 1 saturated heterocycles. The molecule has 1 aromatic rings. The number of carbonyl (C=O) groups excluding carboxylic acids is 2. The summed E-state index contributed by atoms with van der Waals surface area (Å²) in [6.45, 7) is 6.86. The first-order valence-corrected chi connectivity index (χ1v) is 6.40. The zero-order valence-electron chi connectivity index (χ0n) is 11.0. The first-order valence-electron chi connectivity index (χ1n) is 5.99. The van der Waals surface area contributed by atoms with Crippen molar-refractivity contribution in [3.05, 3.63) is 28.6 Å². The van der Waals surface area contributed by atoms with Crippen LogP contribution < -0.4 is 10.6 Å². The topological polar surface area (TPSA) is 63.1 Å². The minimum Gasteiger partial charge on any atom is -0.349 e. The second kappa shape index (κ2) is 4.97. The summed E-state index contributed by atoms with van der Waals surface area (Å²) < 4.78 is 2.12. The van der Waals surface area contributed by atoms with Crippen molar-refractivity contribution in [1.29, 1.82) is 0 Å². The average molecular weight is 277 g/mol. The molecule has 1 aliphatic rings. The van der Waals surface area contributed by atoms with E-state index in [1.54, 1.807) is 6.08 Å². The van der Waals surface area contributed by atoms with Crippen molar-refractivity contribution >= 4 is 35.2 Å². The standard InChI is InChI=1S/C13H15N3O2S/c1-4-16-7(2)5-9(8(16)3)6-10-11(17)14-13(19)15-12(10)18/h5-6H,4H2,1-3H3,(H2,14,15,17,18,19). The minimum atomic E-state index is -0.463. The molecule has 0 saturated carbocycles. The summed E-state index contributed by atoms with van der Waals surface area (Å²) in [4.78, 5) is 23.5. The SMILES string of the molecule is CCn1c(C)cc(C=C2C(=O)NC(=S)NC2=O)c1C. The molecule has 0 aromatic carbocycles. The maximum absolute atomic E-state index is 11.8. The molecule has 6 heteroatoms. The van der Waals surface area contributed by atoms with E-state index in [1.807, 2.05) is 19.9 Å². The van der Waals surface area contributed by atoms with Crippen LogP contribution in [0.15, 0.2) is 11.6 Å². The summed E-state index contributed by atoms with van der Waals surface area (Å²) in [5.74, 6) is -0.926. The van der Waals surface area contributed by atoms with Crippen molar-refractivity contribution in [2.75, 3.05) is 0 Å². The summed E-state index contributed by atoms with van der Waals surface area (Å²) in [7, 11) is 0. The molecule has 100 valence electrons. The molecule has 0 spiro atoms. The van der Waals surface area contributed by atoms with E-state index in [1.165, 1.54) is 0 Å². The van der Waals surface area contributed by atoms with Crippen LogP contribution in [-0.4, -0.2) is 21.5 Å². The van der Waals surface area contributed by atoms with Crippen LogP contribution in [-0.2, 0) is 16.1 Å². The van der Waals surface area contributed by atoms with Gasteiger partial charge in [0, 0.05) is 17.9 Å². The van der Waals surface area contributed by atoms with Gasteiger partial charge < -0.3 is 4.57 Å². The van der Waals surface area contributed by atoms with Crippen molar-refractivity contribution in [2.45, 2.75) is 27.3 Å². The molecule has 0 unspecified atom stereocenters. The van der Waals surface area contributed by atoms with Gasteiger partial charge in [0.25, 0.3) is 11.8 Å². The quantitative estimate of drug-likeness (QED) is 0.482. The second-order valence-electron chi connectivity index (χ2n) is 4.37. The van der Waals surface area contributed by atoms with E-state index in [4.69, 9.17) is 12.2 Å². The molecule has 0 aliphatic carbocycles. The average Bonchev–Trinajstić information content (AvgIpc) is 2.58. The monoisotopic (exact) mass is 277 g/mol. The fourth-order valence-corrected chi connectivity index (χ4v) is 2.41. The molecule has 5 nitrogen and oxygen atoms in total. The Morgan fingerprint density at radius 2 is 1.84 bits per heavy atom. The number of carbonyl (C=O) groups is 2. The van der Waals surface area contributed by atoms with Gasteiger partial charge in [0.15, 0.2) is 5.11 Å². The lowest BCUT2D eigenvalue weighted by molar-refractivity contribution is -0.123. The van der Waals surface area contributed by atoms with Crippen LogP contribution in [0.4, 0.5) is 0 Å². The van der Waals surface area contributed by atoms with Gasteiger partial charge in [0.1, 0.15) is 5.57 Å². The Hall–Kier alpha value is -1.95. The Labute approximate surface area is 116 Å². The van der Waals surface area contributed by atoms with E-state index in [9.17, 15) is 9.59 Å². The van der Waals surface area contributed by atoms with Gasteiger partial charge in [-0.05, 0) is 50.7 Å². The highest BCUT2D eigenvalue weighted by atomic mass is 32.1. The van der Waals surface area contributed by atoms with Gasteiger partial charge in [-0.15, -0.1) is 0 Å². The maximum Gasteiger partial charge on any atom is 0.263 e. The predicted molar refractivity (Wildman–Crippen MR) is 76.4 cm³/mol. The molecular formula is C13H15N3O2S. The summed E-state index contributed by atoms with van der Waals surface area (Å²) >= 11 is 4.75. The third-order valence-corrected chi connectivity index (χ3v) is 3.38. The van der Waals surface area contributed by atoms with Gasteiger partial charge in [-0.25, -0.2) is 0 Å². The first kappa shape index (κ1) is 13.5. The number of hydrogen-bond acceptors (Lipinski definition) is 3. The number of thiocarbonyl (C=S) groups is 1. The van der Waals surface area contributed by atoms with Gasteiger partial charge in [-0.1, -0.05) is 0 Å². The lowest BCUT2D eigenvalue weighted by atomic mass is 10.1. The Morgan fingerprint density at radius 3 is 2.32 bits per heavy atom. The van der Waals surface area contributed by atoms with Crippen LogP contribution >= 0.6 is 12.2 Å². The molecule has 1 aromatic heterocycles. The fraction of sp³-hybridized carbons (Fsp3) is 0.308. The molecule has 0 bridgehead atoms. The van der Waals surface area contributed by atoms with Crippen molar-refractivity contribution < 1.29 is 9.59 Å². The van der Waals surface area contributed by atoms with E-state index in [0.717, 1.165) is 23.5 Å². The van der Waals surface area contributed by atoms with Crippen LogP contribution in [0, 0.1) is 13.8 Å². The zero-order valence-corrected chi connectivity index (χ0v) is 11.9. The van der Waals surface area contributed by atoms with Crippen molar-refractivity contribution in [3.8, 4) is 0 Å². The Morgan fingerprint density at radius 1 is 1.26 bits per heavy atom. The number of nitrogens with one attached hydrogen (secondary N) is 2. The third kappa shape index (κ3) is 2.44. The molecule has 2 amide bonds. The number of aromatic nitrogens is 1. The minimum absolute atomic E-state index is 0.0474. The summed E-state index contributed by atoms with van der Waals surface area (Å²) in [6.07, 6.45) is 1.60. The van der Waals surface area contributed by atoms with Gasteiger partial charge >= 0.3 is 0 Å². The third-order valence-electron chi connectivity index (χ3n) is 3.17. The highest BCUT2D eigenvalue weighted by Gasteiger charge is 2.26. The molecule has 0 radical (unpaired) electrons. The molecule has 2 rings (SSSR count). The summed E-state index contributed by atoms with van der Waals surface area (Å²) in [5, 5.41) is 4.89. The van der Waals surface area contributed by atoms with E-state index >= 15 is 0 Å². The summed E-state index contributed by atoms with van der Waals surface area (Å²) in [6, 6.07) is 1.96. The lowest BCUT2D eigenvalue weighted by Crippen LogP contribution is -2.51. The number of aryl methyl sites for hydroxylation is 1. The molecule has 0 atom stereocenters. The Bertz CT molecular complexity index is 592. The molecule has 19 heavy (non-hydrogen) atoms. The number of amides is 2. The zero-order chi connectivity index (χ0) is 14.2. The molecule has 2 N–H and O–H groups in total. The van der Waals surface area contributed by atoms with Crippen LogP contribution in [0.1, 0.15) is 23.9 Å².